The highest BCUT2D eigenvalue weighted by atomic mass is 16.3. The molecule has 2 heterocycles. The van der Waals surface area contributed by atoms with Crippen LogP contribution in [0.15, 0.2) is 47.1 Å². The highest BCUT2D eigenvalue weighted by Gasteiger charge is 2.16. The second kappa shape index (κ2) is 4.89. The smallest absolute Gasteiger partial charge is 0.272 e. The van der Waals surface area contributed by atoms with Gasteiger partial charge in [-0.05, 0) is 26.0 Å². The third-order valence-electron chi connectivity index (χ3n) is 3.38. The molecule has 1 aromatic carbocycles. The van der Waals surface area contributed by atoms with Crippen LogP contribution in [0.5, 0.6) is 0 Å². The number of rotatable bonds is 3. The summed E-state index contributed by atoms with van der Waals surface area (Å²) in [4.78, 5) is 12.4. The molecule has 0 aliphatic rings. The van der Waals surface area contributed by atoms with Crippen LogP contribution in [-0.2, 0) is 6.54 Å². The van der Waals surface area contributed by atoms with E-state index in [-0.39, 0.29) is 5.91 Å². The third-order valence-corrected chi connectivity index (χ3v) is 3.38. The summed E-state index contributed by atoms with van der Waals surface area (Å²) in [7, 11) is 0. The number of aromatic nitrogens is 1. The molecule has 2 aromatic heterocycles. The summed E-state index contributed by atoms with van der Waals surface area (Å²) < 4.78 is 7.30. The number of hydrogen-bond donors (Lipinski definition) is 1. The first-order valence-electron chi connectivity index (χ1n) is 6.64. The van der Waals surface area contributed by atoms with E-state index in [0.717, 1.165) is 28.9 Å². The van der Waals surface area contributed by atoms with Gasteiger partial charge in [0.25, 0.3) is 5.91 Å². The van der Waals surface area contributed by atoms with Crippen molar-refractivity contribution in [3.8, 4) is 0 Å². The van der Waals surface area contributed by atoms with Crippen LogP contribution in [0.25, 0.3) is 11.1 Å². The minimum absolute atomic E-state index is 0.123. The van der Waals surface area contributed by atoms with Crippen molar-refractivity contribution >= 4 is 22.7 Å². The van der Waals surface area contributed by atoms with Gasteiger partial charge in [-0.15, -0.1) is 0 Å². The minimum atomic E-state index is -0.123. The van der Waals surface area contributed by atoms with Crippen LogP contribution < -0.4 is 5.32 Å². The summed E-state index contributed by atoms with van der Waals surface area (Å²) in [5, 5.41) is 2.91. The zero-order valence-electron chi connectivity index (χ0n) is 11.5. The van der Waals surface area contributed by atoms with E-state index in [1.54, 1.807) is 12.3 Å². The molecule has 0 saturated heterocycles. The van der Waals surface area contributed by atoms with Gasteiger partial charge in [-0.25, -0.2) is 0 Å². The highest BCUT2D eigenvalue weighted by Crippen LogP contribution is 2.22. The van der Waals surface area contributed by atoms with E-state index in [1.165, 1.54) is 0 Å². The Bertz CT molecular complexity index is 750. The van der Waals surface area contributed by atoms with Gasteiger partial charge in [0.05, 0.1) is 11.8 Å². The Labute approximate surface area is 117 Å². The lowest BCUT2D eigenvalue weighted by molar-refractivity contribution is 0.101. The Hall–Kier alpha value is -2.49. The van der Waals surface area contributed by atoms with Gasteiger partial charge in [0, 0.05) is 24.4 Å². The molecular weight excluding hydrogens is 252 g/mol. The molecule has 0 aliphatic carbocycles. The Balaban J connectivity index is 1.92. The van der Waals surface area contributed by atoms with Crippen molar-refractivity contribution in [3.63, 3.8) is 0 Å². The molecule has 0 radical (unpaired) electrons. The predicted octanol–water partition coefficient (Wildman–Crippen LogP) is 3.81. The molecular formula is C16H16N2O2. The number of furan rings is 1. The maximum Gasteiger partial charge on any atom is 0.272 e. The van der Waals surface area contributed by atoms with Crippen molar-refractivity contribution in [2.75, 3.05) is 5.32 Å². The average Bonchev–Trinajstić information content (AvgIpc) is 3.01. The first kappa shape index (κ1) is 12.5. The van der Waals surface area contributed by atoms with E-state index in [4.69, 9.17) is 4.42 Å². The molecule has 0 fully saturated rings. The zero-order chi connectivity index (χ0) is 14.1. The fourth-order valence-electron chi connectivity index (χ4n) is 2.34. The van der Waals surface area contributed by atoms with Crippen LogP contribution in [0, 0.1) is 6.92 Å². The van der Waals surface area contributed by atoms with Gasteiger partial charge in [0.1, 0.15) is 5.69 Å². The average molecular weight is 268 g/mol. The maximum atomic E-state index is 12.4. The first-order valence-corrected chi connectivity index (χ1v) is 6.64. The van der Waals surface area contributed by atoms with E-state index in [0.29, 0.717) is 5.69 Å². The number of amides is 1. The summed E-state index contributed by atoms with van der Waals surface area (Å²) in [6.45, 7) is 4.75. The molecule has 0 aliphatic heterocycles. The van der Waals surface area contributed by atoms with Gasteiger partial charge in [0.2, 0.25) is 0 Å². The first-order chi connectivity index (χ1) is 9.69. The Kier molecular flexibility index (Phi) is 3.06. The van der Waals surface area contributed by atoms with E-state index in [1.807, 2.05) is 48.7 Å². The van der Waals surface area contributed by atoms with Gasteiger partial charge < -0.3 is 14.3 Å². The molecule has 0 atom stereocenters. The van der Waals surface area contributed by atoms with Gasteiger partial charge >= 0.3 is 0 Å². The molecule has 20 heavy (non-hydrogen) atoms. The van der Waals surface area contributed by atoms with Crippen molar-refractivity contribution in [2.24, 2.45) is 0 Å². The summed E-state index contributed by atoms with van der Waals surface area (Å²) in [6, 6.07) is 11.4. The van der Waals surface area contributed by atoms with Gasteiger partial charge in [-0.1, -0.05) is 17.7 Å². The minimum Gasteiger partial charge on any atom is -0.463 e. The number of anilines is 1. The van der Waals surface area contributed by atoms with Gasteiger partial charge in [0.15, 0.2) is 5.58 Å². The number of carbonyl (C=O) groups is 1. The third kappa shape index (κ3) is 2.09. The molecule has 1 N–H and O–H groups in total. The molecule has 1 amide bonds. The highest BCUT2D eigenvalue weighted by molar-refractivity contribution is 6.05. The Morgan fingerprint density at radius 3 is 2.70 bits per heavy atom. The molecule has 102 valence electrons. The fourth-order valence-corrected chi connectivity index (χ4v) is 2.34. The lowest BCUT2D eigenvalue weighted by Crippen LogP contribution is -2.16. The van der Waals surface area contributed by atoms with Crippen molar-refractivity contribution in [3.05, 3.63) is 53.9 Å². The number of carbonyl (C=O) groups excluding carboxylic acids is 1. The van der Waals surface area contributed by atoms with E-state index in [2.05, 4.69) is 5.32 Å². The fraction of sp³-hybridized carbons (Fsp3) is 0.188. The number of fused-ring (bicyclic) bond motifs is 1. The van der Waals surface area contributed by atoms with Gasteiger partial charge in [-0.2, -0.15) is 0 Å². The normalized spacial score (nSPS) is 10.9. The SMILES string of the molecule is CCn1c(C(=O)Nc2ccc(C)cc2)cc2occc21. The summed E-state index contributed by atoms with van der Waals surface area (Å²) in [6.07, 6.45) is 1.64. The lowest BCUT2D eigenvalue weighted by atomic mass is 10.2. The lowest BCUT2D eigenvalue weighted by Gasteiger charge is -2.08. The predicted molar refractivity (Wildman–Crippen MR) is 79.0 cm³/mol. The number of hydrogen-bond acceptors (Lipinski definition) is 2. The molecule has 0 spiro atoms. The van der Waals surface area contributed by atoms with Crippen LogP contribution >= 0.6 is 0 Å². The van der Waals surface area contributed by atoms with Crippen LogP contribution in [0.1, 0.15) is 23.0 Å². The Morgan fingerprint density at radius 2 is 2.00 bits per heavy atom. The summed E-state index contributed by atoms with van der Waals surface area (Å²) in [5.74, 6) is -0.123. The van der Waals surface area contributed by atoms with Gasteiger partial charge in [-0.3, -0.25) is 4.79 Å². The largest absolute Gasteiger partial charge is 0.463 e. The molecule has 0 bridgehead atoms. The molecule has 0 saturated carbocycles. The van der Waals surface area contributed by atoms with E-state index >= 15 is 0 Å². The van der Waals surface area contributed by atoms with Crippen molar-refractivity contribution < 1.29 is 9.21 Å². The quantitative estimate of drug-likeness (QED) is 0.785. The Morgan fingerprint density at radius 1 is 1.25 bits per heavy atom. The van der Waals surface area contributed by atoms with Crippen LogP contribution in [0.4, 0.5) is 5.69 Å². The number of nitrogens with one attached hydrogen (secondary N) is 1. The van der Waals surface area contributed by atoms with Crippen molar-refractivity contribution in [2.45, 2.75) is 20.4 Å². The number of benzene rings is 1. The molecule has 3 aromatic rings. The van der Waals surface area contributed by atoms with E-state index < -0.39 is 0 Å². The summed E-state index contributed by atoms with van der Waals surface area (Å²) >= 11 is 0. The van der Waals surface area contributed by atoms with Crippen LogP contribution in [0.3, 0.4) is 0 Å². The molecule has 4 heteroatoms. The molecule has 4 nitrogen and oxygen atoms in total. The molecule has 0 unspecified atom stereocenters. The standard InChI is InChI=1S/C16H16N2O2/c1-3-18-13-8-9-20-15(13)10-14(18)16(19)17-12-6-4-11(2)5-7-12/h4-10H,3H2,1-2H3,(H,17,19). The van der Waals surface area contributed by atoms with Crippen molar-refractivity contribution in [1.29, 1.82) is 0 Å². The van der Waals surface area contributed by atoms with Crippen molar-refractivity contribution in [1.82, 2.24) is 4.57 Å². The van der Waals surface area contributed by atoms with Crippen LogP contribution in [0.2, 0.25) is 0 Å². The maximum absolute atomic E-state index is 12.4. The summed E-state index contributed by atoms with van der Waals surface area (Å²) in [5.41, 5.74) is 4.25. The van der Waals surface area contributed by atoms with Crippen LogP contribution in [-0.4, -0.2) is 10.5 Å². The second-order valence-corrected chi connectivity index (χ2v) is 4.76. The van der Waals surface area contributed by atoms with E-state index in [9.17, 15) is 4.79 Å². The zero-order valence-corrected chi connectivity index (χ0v) is 11.5. The number of aryl methyl sites for hydroxylation is 2. The second-order valence-electron chi connectivity index (χ2n) is 4.76. The molecule has 3 rings (SSSR count). The monoisotopic (exact) mass is 268 g/mol. The topological polar surface area (TPSA) is 47.2 Å². The number of nitrogens with zero attached hydrogens (tertiary/aromatic N) is 1.